The van der Waals surface area contributed by atoms with Gasteiger partial charge in [-0.05, 0) is 38.1 Å². The summed E-state index contributed by atoms with van der Waals surface area (Å²) in [4.78, 5) is 0. The summed E-state index contributed by atoms with van der Waals surface area (Å²) in [6.45, 7) is 4.68. The minimum Gasteiger partial charge on any atom is -0.317 e. The van der Waals surface area contributed by atoms with Gasteiger partial charge in [0.1, 0.15) is 0 Å². The molecule has 1 heteroatoms. The molecule has 0 radical (unpaired) electrons. The summed E-state index contributed by atoms with van der Waals surface area (Å²) in [6.07, 6.45) is 7.00. The molecule has 0 spiro atoms. The van der Waals surface area contributed by atoms with Crippen molar-refractivity contribution >= 4 is 0 Å². The van der Waals surface area contributed by atoms with Crippen molar-refractivity contribution in [3.63, 3.8) is 0 Å². The van der Waals surface area contributed by atoms with Gasteiger partial charge in [0, 0.05) is 6.04 Å². The third-order valence-corrected chi connectivity index (χ3v) is 3.60. The van der Waals surface area contributed by atoms with E-state index in [1.807, 2.05) is 0 Å². The highest BCUT2D eigenvalue weighted by atomic mass is 14.9. The van der Waals surface area contributed by atoms with Crippen LogP contribution in [0.25, 0.3) is 0 Å². The molecule has 3 unspecified atom stereocenters. The molecule has 0 bridgehead atoms. The summed E-state index contributed by atoms with van der Waals surface area (Å²) in [6, 6.07) is 0.803. The fourth-order valence-corrected chi connectivity index (χ4v) is 2.63. The molecule has 1 aliphatic rings. The number of rotatable bonds is 3. The summed E-state index contributed by atoms with van der Waals surface area (Å²) in [5.41, 5.74) is 0. The largest absolute Gasteiger partial charge is 0.317 e. The van der Waals surface area contributed by atoms with Gasteiger partial charge in [-0.2, -0.15) is 0 Å². The standard InChI is InChI=1S/C11H23N/c1-4-9-6-7-11(12-3)8-10(9)5-2/h9-12H,4-8H2,1-3H3. The lowest BCUT2D eigenvalue weighted by atomic mass is 9.74. The molecule has 12 heavy (non-hydrogen) atoms. The fraction of sp³-hybridized carbons (Fsp3) is 1.00. The Bertz CT molecular complexity index is 122. The molecule has 1 fully saturated rings. The molecule has 0 heterocycles. The van der Waals surface area contributed by atoms with Gasteiger partial charge in [-0.1, -0.05) is 26.7 Å². The van der Waals surface area contributed by atoms with Gasteiger partial charge in [-0.3, -0.25) is 0 Å². The Morgan fingerprint density at radius 3 is 2.25 bits per heavy atom. The predicted octanol–water partition coefficient (Wildman–Crippen LogP) is 2.81. The topological polar surface area (TPSA) is 12.0 Å². The predicted molar refractivity (Wildman–Crippen MR) is 54.3 cm³/mol. The first kappa shape index (κ1) is 10.0. The molecular formula is C11H23N. The third kappa shape index (κ3) is 2.22. The van der Waals surface area contributed by atoms with E-state index in [9.17, 15) is 0 Å². The van der Waals surface area contributed by atoms with Gasteiger partial charge in [-0.25, -0.2) is 0 Å². The maximum atomic E-state index is 3.41. The second-order valence-corrected chi connectivity index (χ2v) is 4.14. The van der Waals surface area contributed by atoms with Gasteiger partial charge >= 0.3 is 0 Å². The average molecular weight is 169 g/mol. The second kappa shape index (κ2) is 4.86. The zero-order chi connectivity index (χ0) is 8.97. The van der Waals surface area contributed by atoms with Gasteiger partial charge in [0.15, 0.2) is 0 Å². The van der Waals surface area contributed by atoms with Crippen LogP contribution in [0.2, 0.25) is 0 Å². The van der Waals surface area contributed by atoms with E-state index in [0.717, 1.165) is 17.9 Å². The Kier molecular flexibility index (Phi) is 4.07. The SMILES string of the molecule is CCC1CCC(NC)CC1CC. The Hall–Kier alpha value is -0.0400. The van der Waals surface area contributed by atoms with Crippen LogP contribution >= 0.6 is 0 Å². The Morgan fingerprint density at radius 1 is 1.08 bits per heavy atom. The van der Waals surface area contributed by atoms with Crippen LogP contribution in [-0.4, -0.2) is 13.1 Å². The van der Waals surface area contributed by atoms with Crippen LogP contribution in [0.1, 0.15) is 46.0 Å². The first-order valence-corrected chi connectivity index (χ1v) is 5.49. The molecule has 0 aromatic carbocycles. The minimum atomic E-state index is 0.803. The third-order valence-electron chi connectivity index (χ3n) is 3.60. The summed E-state index contributed by atoms with van der Waals surface area (Å²) >= 11 is 0. The van der Waals surface area contributed by atoms with Crippen molar-refractivity contribution in [1.29, 1.82) is 0 Å². The lowest BCUT2D eigenvalue weighted by Crippen LogP contribution is -2.35. The fourth-order valence-electron chi connectivity index (χ4n) is 2.63. The van der Waals surface area contributed by atoms with Crippen molar-refractivity contribution in [3.05, 3.63) is 0 Å². The molecule has 1 saturated carbocycles. The maximum Gasteiger partial charge on any atom is 0.00669 e. The average Bonchev–Trinajstić information content (AvgIpc) is 2.16. The van der Waals surface area contributed by atoms with Crippen molar-refractivity contribution in [1.82, 2.24) is 5.32 Å². The van der Waals surface area contributed by atoms with Crippen LogP contribution < -0.4 is 5.32 Å². The molecule has 0 saturated heterocycles. The summed E-state index contributed by atoms with van der Waals surface area (Å²) in [7, 11) is 2.10. The molecule has 1 rings (SSSR count). The van der Waals surface area contributed by atoms with Crippen molar-refractivity contribution in [2.45, 2.75) is 52.0 Å². The number of nitrogens with one attached hydrogen (secondary N) is 1. The van der Waals surface area contributed by atoms with E-state index >= 15 is 0 Å². The number of hydrogen-bond donors (Lipinski definition) is 1. The van der Waals surface area contributed by atoms with Gasteiger partial charge in [-0.15, -0.1) is 0 Å². The zero-order valence-electron chi connectivity index (χ0n) is 8.77. The smallest absolute Gasteiger partial charge is 0.00669 e. The maximum absolute atomic E-state index is 3.41. The first-order valence-electron chi connectivity index (χ1n) is 5.49. The highest BCUT2D eigenvalue weighted by molar-refractivity contribution is 4.81. The van der Waals surface area contributed by atoms with E-state index in [2.05, 4.69) is 26.2 Å². The van der Waals surface area contributed by atoms with E-state index in [0.29, 0.717) is 0 Å². The molecule has 3 atom stereocenters. The van der Waals surface area contributed by atoms with Crippen LogP contribution in [-0.2, 0) is 0 Å². The van der Waals surface area contributed by atoms with Gasteiger partial charge in [0.25, 0.3) is 0 Å². The highest BCUT2D eigenvalue weighted by Gasteiger charge is 2.26. The molecular weight excluding hydrogens is 146 g/mol. The quantitative estimate of drug-likeness (QED) is 0.685. The van der Waals surface area contributed by atoms with Gasteiger partial charge in [0.2, 0.25) is 0 Å². The molecule has 0 amide bonds. The van der Waals surface area contributed by atoms with Crippen LogP contribution in [0.15, 0.2) is 0 Å². The van der Waals surface area contributed by atoms with E-state index in [1.165, 1.54) is 32.1 Å². The summed E-state index contributed by atoms with van der Waals surface area (Å²) in [5.74, 6) is 2.00. The van der Waals surface area contributed by atoms with Gasteiger partial charge < -0.3 is 5.32 Å². The van der Waals surface area contributed by atoms with E-state index in [1.54, 1.807) is 0 Å². The second-order valence-electron chi connectivity index (χ2n) is 4.14. The van der Waals surface area contributed by atoms with Crippen LogP contribution in [0.3, 0.4) is 0 Å². The van der Waals surface area contributed by atoms with Crippen molar-refractivity contribution in [3.8, 4) is 0 Å². The molecule has 1 aliphatic carbocycles. The molecule has 0 aliphatic heterocycles. The van der Waals surface area contributed by atoms with E-state index < -0.39 is 0 Å². The zero-order valence-corrected chi connectivity index (χ0v) is 8.77. The normalized spacial score (nSPS) is 36.8. The Labute approximate surface area is 76.9 Å². The molecule has 0 aromatic rings. The molecule has 72 valence electrons. The minimum absolute atomic E-state index is 0.803. The molecule has 1 N–H and O–H groups in total. The van der Waals surface area contributed by atoms with Crippen LogP contribution in [0.5, 0.6) is 0 Å². The lowest BCUT2D eigenvalue weighted by Gasteiger charge is -2.35. The van der Waals surface area contributed by atoms with Crippen molar-refractivity contribution < 1.29 is 0 Å². The van der Waals surface area contributed by atoms with Crippen molar-refractivity contribution in [2.24, 2.45) is 11.8 Å². The van der Waals surface area contributed by atoms with Gasteiger partial charge in [0.05, 0.1) is 0 Å². The van der Waals surface area contributed by atoms with E-state index in [4.69, 9.17) is 0 Å². The summed E-state index contributed by atoms with van der Waals surface area (Å²) < 4.78 is 0. The van der Waals surface area contributed by atoms with E-state index in [-0.39, 0.29) is 0 Å². The molecule has 1 nitrogen and oxygen atoms in total. The van der Waals surface area contributed by atoms with Crippen LogP contribution in [0, 0.1) is 11.8 Å². The number of hydrogen-bond acceptors (Lipinski definition) is 1. The monoisotopic (exact) mass is 169 g/mol. The lowest BCUT2D eigenvalue weighted by molar-refractivity contribution is 0.190. The Morgan fingerprint density at radius 2 is 1.75 bits per heavy atom. The highest BCUT2D eigenvalue weighted by Crippen LogP contribution is 2.34. The first-order chi connectivity index (χ1) is 5.81. The Balaban J connectivity index is 2.41. The van der Waals surface area contributed by atoms with Crippen molar-refractivity contribution in [2.75, 3.05) is 7.05 Å². The molecule has 0 aromatic heterocycles. The summed E-state index contributed by atoms with van der Waals surface area (Å²) in [5, 5.41) is 3.41. The van der Waals surface area contributed by atoms with Crippen LogP contribution in [0.4, 0.5) is 0 Å².